The normalized spacial score (nSPS) is 10.5. The third-order valence-electron chi connectivity index (χ3n) is 4.67. The zero-order chi connectivity index (χ0) is 21.6. The maximum Gasteiger partial charge on any atom is 0.269 e. The van der Waals surface area contributed by atoms with Gasteiger partial charge in [0, 0.05) is 24.3 Å². The number of hydrogen-bond acceptors (Lipinski definition) is 6. The van der Waals surface area contributed by atoms with Crippen LogP contribution < -0.4 is 9.47 Å². The van der Waals surface area contributed by atoms with E-state index in [9.17, 15) is 20.2 Å². The molecule has 0 unspecified atom stereocenters. The minimum Gasteiger partial charge on any atom is -0.494 e. The SMILES string of the molecule is O=[N+]([O-])c1ccc(OCCCCCCCCCCOc2ccc([N+](=O)[O-])cc2)cc1. The zero-order valence-electron chi connectivity index (χ0n) is 17.0. The molecule has 0 spiro atoms. The number of nitro groups is 2. The summed E-state index contributed by atoms with van der Waals surface area (Å²) in [5.74, 6) is 1.33. The van der Waals surface area contributed by atoms with Crippen molar-refractivity contribution in [3.8, 4) is 11.5 Å². The van der Waals surface area contributed by atoms with E-state index in [4.69, 9.17) is 9.47 Å². The summed E-state index contributed by atoms with van der Waals surface area (Å²) in [6.07, 6.45) is 8.89. The van der Waals surface area contributed by atoms with Gasteiger partial charge in [0.2, 0.25) is 0 Å². The Bertz CT molecular complexity index is 710. The summed E-state index contributed by atoms with van der Waals surface area (Å²) in [6, 6.07) is 12.3. The molecule has 0 saturated carbocycles. The third-order valence-corrected chi connectivity index (χ3v) is 4.67. The Balaban J connectivity index is 1.39. The van der Waals surface area contributed by atoms with Crippen molar-refractivity contribution < 1.29 is 19.3 Å². The van der Waals surface area contributed by atoms with Gasteiger partial charge >= 0.3 is 0 Å². The average Bonchev–Trinajstić information content (AvgIpc) is 2.75. The first-order chi connectivity index (χ1) is 14.6. The fourth-order valence-corrected chi connectivity index (χ4v) is 2.97. The number of non-ortho nitro benzene ring substituents is 2. The predicted octanol–water partition coefficient (Wildman–Crippen LogP) is 6.08. The molecule has 0 amide bonds. The van der Waals surface area contributed by atoms with E-state index in [1.165, 1.54) is 49.9 Å². The molecule has 0 aliphatic rings. The summed E-state index contributed by atoms with van der Waals surface area (Å²) >= 11 is 0. The second kappa shape index (κ2) is 13.1. The third kappa shape index (κ3) is 8.89. The lowest BCUT2D eigenvalue weighted by atomic mass is 10.1. The molecule has 0 fully saturated rings. The van der Waals surface area contributed by atoms with Gasteiger partial charge < -0.3 is 9.47 Å². The second-order valence-corrected chi connectivity index (χ2v) is 7.03. The number of unbranched alkanes of at least 4 members (excludes halogenated alkanes) is 7. The number of benzene rings is 2. The van der Waals surface area contributed by atoms with E-state index in [1.807, 2.05) is 0 Å². The lowest BCUT2D eigenvalue weighted by Gasteiger charge is -2.07. The van der Waals surface area contributed by atoms with Crippen LogP contribution in [0.3, 0.4) is 0 Å². The predicted molar refractivity (Wildman–Crippen MR) is 114 cm³/mol. The standard InChI is InChI=1S/C22H28N2O6/c25-23(26)19-9-13-21(14-10-19)29-17-7-5-3-1-2-4-6-8-18-30-22-15-11-20(12-16-22)24(27)28/h9-16H,1-8,17-18H2. The summed E-state index contributed by atoms with van der Waals surface area (Å²) in [5.41, 5.74) is 0.139. The fraction of sp³-hybridized carbons (Fsp3) is 0.455. The summed E-state index contributed by atoms with van der Waals surface area (Å²) < 4.78 is 11.2. The monoisotopic (exact) mass is 416 g/mol. The molecule has 0 aromatic heterocycles. The summed E-state index contributed by atoms with van der Waals surface area (Å²) in [6.45, 7) is 1.25. The Morgan fingerprint density at radius 3 is 1.13 bits per heavy atom. The van der Waals surface area contributed by atoms with Crippen molar-refractivity contribution in [2.24, 2.45) is 0 Å². The van der Waals surface area contributed by atoms with E-state index in [0.717, 1.165) is 25.7 Å². The van der Waals surface area contributed by atoms with E-state index >= 15 is 0 Å². The molecule has 2 aromatic carbocycles. The highest BCUT2D eigenvalue weighted by Crippen LogP contribution is 2.19. The van der Waals surface area contributed by atoms with Crippen molar-refractivity contribution in [3.05, 3.63) is 68.8 Å². The van der Waals surface area contributed by atoms with Crippen molar-refractivity contribution >= 4 is 11.4 Å². The van der Waals surface area contributed by atoms with Gasteiger partial charge in [-0.1, -0.05) is 38.5 Å². The van der Waals surface area contributed by atoms with Gasteiger partial charge in [0.1, 0.15) is 11.5 Å². The highest BCUT2D eigenvalue weighted by molar-refractivity contribution is 5.36. The van der Waals surface area contributed by atoms with E-state index < -0.39 is 9.85 Å². The van der Waals surface area contributed by atoms with Crippen LogP contribution >= 0.6 is 0 Å². The van der Waals surface area contributed by atoms with Crippen LogP contribution in [0.1, 0.15) is 51.4 Å². The molecule has 0 saturated heterocycles. The lowest BCUT2D eigenvalue weighted by molar-refractivity contribution is -0.385. The van der Waals surface area contributed by atoms with Gasteiger partial charge in [-0.05, 0) is 37.1 Å². The first-order valence-electron chi connectivity index (χ1n) is 10.3. The molecule has 2 rings (SSSR count). The van der Waals surface area contributed by atoms with Crippen LogP contribution in [0, 0.1) is 20.2 Å². The van der Waals surface area contributed by atoms with Gasteiger partial charge in [0.05, 0.1) is 23.1 Å². The Kier molecular flexibility index (Phi) is 10.1. The first kappa shape index (κ1) is 23.1. The van der Waals surface area contributed by atoms with Crippen LogP contribution in [-0.2, 0) is 0 Å². The highest BCUT2D eigenvalue weighted by Gasteiger charge is 2.05. The van der Waals surface area contributed by atoms with Crippen molar-refractivity contribution in [3.63, 3.8) is 0 Å². The highest BCUT2D eigenvalue weighted by atomic mass is 16.6. The number of hydrogen-bond donors (Lipinski definition) is 0. The van der Waals surface area contributed by atoms with Crippen molar-refractivity contribution in [1.82, 2.24) is 0 Å². The number of nitrogens with zero attached hydrogens (tertiary/aromatic N) is 2. The minimum atomic E-state index is -0.421. The molecule has 0 aliphatic heterocycles. The summed E-state index contributed by atoms with van der Waals surface area (Å²) in [5, 5.41) is 21.2. The lowest BCUT2D eigenvalue weighted by Crippen LogP contribution is -1.98. The second-order valence-electron chi connectivity index (χ2n) is 7.03. The Labute approximate surface area is 176 Å². The van der Waals surface area contributed by atoms with Crippen molar-refractivity contribution in [2.45, 2.75) is 51.4 Å². The van der Waals surface area contributed by atoms with Crippen molar-refractivity contribution in [1.29, 1.82) is 0 Å². The molecule has 0 bridgehead atoms. The molecular weight excluding hydrogens is 388 g/mol. The molecule has 0 radical (unpaired) electrons. The zero-order valence-corrected chi connectivity index (χ0v) is 17.0. The minimum absolute atomic E-state index is 0.0697. The number of rotatable bonds is 15. The molecule has 30 heavy (non-hydrogen) atoms. The average molecular weight is 416 g/mol. The van der Waals surface area contributed by atoms with Crippen LogP contribution in [0.25, 0.3) is 0 Å². The topological polar surface area (TPSA) is 105 Å². The molecular formula is C22H28N2O6. The fourth-order valence-electron chi connectivity index (χ4n) is 2.97. The number of nitro benzene ring substituents is 2. The summed E-state index contributed by atoms with van der Waals surface area (Å²) in [7, 11) is 0. The van der Waals surface area contributed by atoms with Crippen molar-refractivity contribution in [2.75, 3.05) is 13.2 Å². The van der Waals surface area contributed by atoms with Gasteiger partial charge in [-0.2, -0.15) is 0 Å². The van der Waals surface area contributed by atoms with E-state index in [-0.39, 0.29) is 11.4 Å². The van der Waals surface area contributed by atoms with Gasteiger partial charge in [-0.25, -0.2) is 0 Å². The summed E-state index contributed by atoms with van der Waals surface area (Å²) in [4.78, 5) is 20.4. The Morgan fingerprint density at radius 1 is 0.533 bits per heavy atom. The number of ether oxygens (including phenoxy) is 2. The van der Waals surface area contributed by atoms with Crippen LogP contribution in [0.15, 0.2) is 48.5 Å². The van der Waals surface area contributed by atoms with Crippen LogP contribution in [0.4, 0.5) is 11.4 Å². The Morgan fingerprint density at radius 2 is 0.833 bits per heavy atom. The molecule has 8 heteroatoms. The van der Waals surface area contributed by atoms with Crippen LogP contribution in [-0.4, -0.2) is 23.1 Å². The molecule has 162 valence electrons. The Hall–Kier alpha value is -3.16. The quantitative estimate of drug-likeness (QED) is 0.198. The molecule has 0 heterocycles. The maximum absolute atomic E-state index is 10.6. The molecule has 0 N–H and O–H groups in total. The van der Waals surface area contributed by atoms with E-state index in [1.54, 1.807) is 24.3 Å². The van der Waals surface area contributed by atoms with Gasteiger partial charge in [0.25, 0.3) is 11.4 Å². The van der Waals surface area contributed by atoms with Crippen LogP contribution in [0.2, 0.25) is 0 Å². The smallest absolute Gasteiger partial charge is 0.269 e. The first-order valence-corrected chi connectivity index (χ1v) is 10.3. The molecule has 8 nitrogen and oxygen atoms in total. The maximum atomic E-state index is 10.6. The molecule has 2 aromatic rings. The molecule has 0 aliphatic carbocycles. The molecule has 0 atom stereocenters. The van der Waals surface area contributed by atoms with Gasteiger partial charge in [0.15, 0.2) is 0 Å². The van der Waals surface area contributed by atoms with Crippen LogP contribution in [0.5, 0.6) is 11.5 Å². The van der Waals surface area contributed by atoms with E-state index in [2.05, 4.69) is 0 Å². The van der Waals surface area contributed by atoms with Gasteiger partial charge in [-0.3, -0.25) is 20.2 Å². The largest absolute Gasteiger partial charge is 0.494 e. The van der Waals surface area contributed by atoms with E-state index in [0.29, 0.717) is 24.7 Å². The van der Waals surface area contributed by atoms with Gasteiger partial charge in [-0.15, -0.1) is 0 Å².